The highest BCUT2D eigenvalue weighted by molar-refractivity contribution is 7.89. The molecule has 0 saturated carbocycles. The Balaban J connectivity index is 2.07. The summed E-state index contributed by atoms with van der Waals surface area (Å²) in [5.41, 5.74) is 3.01. The number of hydrogen-bond donors (Lipinski definition) is 1. The Kier molecular flexibility index (Phi) is 5.43. The minimum Gasteiger partial charge on any atom is -0.232 e. The van der Waals surface area contributed by atoms with E-state index in [0.717, 1.165) is 5.56 Å². The highest BCUT2D eigenvalue weighted by atomic mass is 32.2. The predicted octanol–water partition coefficient (Wildman–Crippen LogP) is 5.10. The van der Waals surface area contributed by atoms with Crippen LogP contribution in [-0.4, -0.2) is 18.2 Å². The van der Waals surface area contributed by atoms with Crippen molar-refractivity contribution in [3.05, 3.63) is 90.1 Å². The standard InChI is InChI=1S/C23H19F2N3O2S/c1-15-7-5-6-10-19(15)28-22(17-11-13-18(14-12-17)31(26,29)30)20(21(27-28)23(24)25)16-8-3-2-4-9-16/h2-14,23H,1H3,(H2,26,29,30). The zero-order chi connectivity index (χ0) is 22.2. The van der Waals surface area contributed by atoms with Gasteiger partial charge >= 0.3 is 0 Å². The molecule has 0 aliphatic heterocycles. The van der Waals surface area contributed by atoms with Crippen molar-refractivity contribution in [2.75, 3.05) is 0 Å². The topological polar surface area (TPSA) is 78.0 Å². The van der Waals surface area contributed by atoms with E-state index in [2.05, 4.69) is 5.10 Å². The number of nitrogens with two attached hydrogens (primary N) is 1. The van der Waals surface area contributed by atoms with E-state index in [0.29, 0.717) is 28.1 Å². The molecule has 0 saturated heterocycles. The summed E-state index contributed by atoms with van der Waals surface area (Å²) in [5.74, 6) is 0. The third-order valence-electron chi connectivity index (χ3n) is 4.98. The molecule has 31 heavy (non-hydrogen) atoms. The van der Waals surface area contributed by atoms with Crippen LogP contribution in [0.5, 0.6) is 0 Å². The average Bonchev–Trinajstić information content (AvgIpc) is 3.15. The second-order valence-electron chi connectivity index (χ2n) is 7.04. The number of benzene rings is 3. The van der Waals surface area contributed by atoms with Gasteiger partial charge in [-0.2, -0.15) is 5.10 Å². The van der Waals surface area contributed by atoms with Crippen LogP contribution in [0, 0.1) is 6.92 Å². The monoisotopic (exact) mass is 439 g/mol. The molecule has 8 heteroatoms. The van der Waals surface area contributed by atoms with E-state index in [-0.39, 0.29) is 10.6 Å². The van der Waals surface area contributed by atoms with Gasteiger partial charge in [0, 0.05) is 11.1 Å². The quantitative estimate of drug-likeness (QED) is 0.470. The van der Waals surface area contributed by atoms with E-state index in [1.165, 1.54) is 16.8 Å². The van der Waals surface area contributed by atoms with Crippen LogP contribution >= 0.6 is 0 Å². The van der Waals surface area contributed by atoms with Crippen LogP contribution in [0.2, 0.25) is 0 Å². The van der Waals surface area contributed by atoms with Gasteiger partial charge in [0.15, 0.2) is 0 Å². The smallest absolute Gasteiger partial charge is 0.232 e. The third kappa shape index (κ3) is 3.99. The summed E-state index contributed by atoms with van der Waals surface area (Å²) in [6.45, 7) is 1.87. The van der Waals surface area contributed by atoms with E-state index in [1.807, 2.05) is 25.1 Å². The van der Waals surface area contributed by atoms with Crippen molar-refractivity contribution in [2.24, 2.45) is 5.14 Å². The van der Waals surface area contributed by atoms with E-state index >= 15 is 0 Å². The molecule has 5 nitrogen and oxygen atoms in total. The summed E-state index contributed by atoms with van der Waals surface area (Å²) in [6, 6.07) is 22.0. The summed E-state index contributed by atoms with van der Waals surface area (Å²) < 4.78 is 53.0. The fraction of sp³-hybridized carbons (Fsp3) is 0.0870. The molecule has 0 atom stereocenters. The Hall–Kier alpha value is -3.36. The Morgan fingerprint density at radius 2 is 1.48 bits per heavy atom. The van der Waals surface area contributed by atoms with Crippen LogP contribution in [-0.2, 0) is 10.0 Å². The Labute approximate surface area is 178 Å². The molecule has 2 N–H and O–H groups in total. The van der Waals surface area contributed by atoms with Gasteiger partial charge in [-0.3, -0.25) is 0 Å². The summed E-state index contributed by atoms with van der Waals surface area (Å²) in [5, 5.41) is 9.50. The van der Waals surface area contributed by atoms with E-state index in [9.17, 15) is 17.2 Å². The lowest BCUT2D eigenvalue weighted by Crippen LogP contribution is -2.11. The maximum absolute atomic E-state index is 14.1. The lowest BCUT2D eigenvalue weighted by molar-refractivity contribution is 0.146. The number of nitrogens with zero attached hydrogens (tertiary/aromatic N) is 2. The molecule has 0 spiro atoms. The van der Waals surface area contributed by atoms with Gasteiger partial charge in [-0.25, -0.2) is 27.0 Å². The van der Waals surface area contributed by atoms with E-state index in [1.54, 1.807) is 48.5 Å². The van der Waals surface area contributed by atoms with Gasteiger partial charge in [0.05, 0.1) is 16.3 Å². The van der Waals surface area contributed by atoms with Crippen LogP contribution in [0.1, 0.15) is 17.7 Å². The number of aryl methyl sites for hydroxylation is 1. The molecular weight excluding hydrogens is 420 g/mol. The molecule has 4 aromatic rings. The van der Waals surface area contributed by atoms with Crippen LogP contribution in [0.15, 0.2) is 83.8 Å². The first-order chi connectivity index (χ1) is 14.8. The normalized spacial score (nSPS) is 11.8. The Morgan fingerprint density at radius 1 is 0.871 bits per heavy atom. The molecule has 1 heterocycles. The molecule has 0 unspecified atom stereocenters. The minimum atomic E-state index is -3.88. The number of primary sulfonamides is 1. The molecule has 0 amide bonds. The van der Waals surface area contributed by atoms with Crippen molar-refractivity contribution in [3.63, 3.8) is 0 Å². The van der Waals surface area contributed by atoms with Crippen LogP contribution in [0.4, 0.5) is 8.78 Å². The molecule has 0 radical (unpaired) electrons. The van der Waals surface area contributed by atoms with Gasteiger partial charge in [-0.1, -0.05) is 60.7 Å². The second kappa shape index (κ2) is 8.05. The van der Waals surface area contributed by atoms with Crippen LogP contribution in [0.3, 0.4) is 0 Å². The highest BCUT2D eigenvalue weighted by Gasteiger charge is 2.27. The fourth-order valence-corrected chi connectivity index (χ4v) is 4.04. The van der Waals surface area contributed by atoms with Crippen LogP contribution in [0.25, 0.3) is 28.1 Å². The number of hydrogen-bond acceptors (Lipinski definition) is 3. The molecule has 0 fully saturated rings. The molecule has 0 aliphatic rings. The van der Waals surface area contributed by atoms with Gasteiger partial charge in [0.25, 0.3) is 6.43 Å². The summed E-state index contributed by atoms with van der Waals surface area (Å²) in [7, 11) is -3.88. The number of sulfonamides is 1. The first-order valence-electron chi connectivity index (χ1n) is 9.43. The van der Waals surface area contributed by atoms with Gasteiger partial charge < -0.3 is 0 Å². The number of para-hydroxylation sites is 1. The molecule has 3 aromatic carbocycles. The maximum Gasteiger partial charge on any atom is 0.282 e. The lowest BCUT2D eigenvalue weighted by Gasteiger charge is -2.13. The molecule has 4 rings (SSSR count). The van der Waals surface area contributed by atoms with Crippen molar-refractivity contribution in [1.29, 1.82) is 0 Å². The molecular formula is C23H19F2N3O2S. The Morgan fingerprint density at radius 3 is 2.06 bits per heavy atom. The van der Waals surface area contributed by atoms with E-state index in [4.69, 9.17) is 5.14 Å². The Bertz CT molecular complexity index is 1330. The van der Waals surface area contributed by atoms with Gasteiger partial charge in [0.1, 0.15) is 5.69 Å². The van der Waals surface area contributed by atoms with Gasteiger partial charge in [-0.15, -0.1) is 0 Å². The molecule has 1 aromatic heterocycles. The van der Waals surface area contributed by atoms with Crippen molar-refractivity contribution in [1.82, 2.24) is 9.78 Å². The minimum absolute atomic E-state index is 0.0615. The summed E-state index contributed by atoms with van der Waals surface area (Å²) in [4.78, 5) is -0.0615. The third-order valence-corrected chi connectivity index (χ3v) is 5.91. The van der Waals surface area contributed by atoms with Crippen molar-refractivity contribution >= 4 is 10.0 Å². The number of rotatable bonds is 5. The first kappa shape index (κ1) is 20.9. The van der Waals surface area contributed by atoms with Crippen molar-refractivity contribution < 1.29 is 17.2 Å². The zero-order valence-corrected chi connectivity index (χ0v) is 17.4. The maximum atomic E-state index is 14.1. The lowest BCUT2D eigenvalue weighted by atomic mass is 9.98. The van der Waals surface area contributed by atoms with Gasteiger partial charge in [0.2, 0.25) is 10.0 Å². The van der Waals surface area contributed by atoms with Crippen molar-refractivity contribution in [3.8, 4) is 28.1 Å². The number of alkyl halides is 2. The SMILES string of the molecule is Cc1ccccc1-n1nc(C(F)F)c(-c2ccccc2)c1-c1ccc(S(N)(=O)=O)cc1. The second-order valence-corrected chi connectivity index (χ2v) is 8.60. The average molecular weight is 439 g/mol. The molecule has 0 aliphatic carbocycles. The highest BCUT2D eigenvalue weighted by Crippen LogP contribution is 2.40. The molecule has 158 valence electrons. The summed E-state index contributed by atoms with van der Waals surface area (Å²) >= 11 is 0. The molecule has 0 bridgehead atoms. The number of halogens is 2. The first-order valence-corrected chi connectivity index (χ1v) is 11.0. The van der Waals surface area contributed by atoms with E-state index < -0.39 is 16.4 Å². The number of aromatic nitrogens is 2. The van der Waals surface area contributed by atoms with Gasteiger partial charge in [-0.05, 0) is 36.2 Å². The zero-order valence-electron chi connectivity index (χ0n) is 16.5. The van der Waals surface area contributed by atoms with Crippen LogP contribution < -0.4 is 5.14 Å². The predicted molar refractivity (Wildman–Crippen MR) is 116 cm³/mol. The fourth-order valence-electron chi connectivity index (χ4n) is 3.52. The largest absolute Gasteiger partial charge is 0.282 e. The van der Waals surface area contributed by atoms with Crippen molar-refractivity contribution in [2.45, 2.75) is 18.2 Å². The summed E-state index contributed by atoms with van der Waals surface area (Å²) in [6.07, 6.45) is -2.80.